The summed E-state index contributed by atoms with van der Waals surface area (Å²) in [4.78, 5) is 14.9. The molecule has 0 saturated carbocycles. The maximum Gasteiger partial charge on any atom is 0.238 e. The summed E-state index contributed by atoms with van der Waals surface area (Å²) in [7, 11) is 6.45. The van der Waals surface area contributed by atoms with Crippen LogP contribution in [0.3, 0.4) is 0 Å². The van der Waals surface area contributed by atoms with E-state index in [0.29, 0.717) is 17.2 Å². The van der Waals surface area contributed by atoms with E-state index in [2.05, 4.69) is 10.2 Å². The van der Waals surface area contributed by atoms with Gasteiger partial charge in [-0.05, 0) is 37.6 Å². The Morgan fingerprint density at radius 2 is 1.66 bits per heavy atom. The number of nitrogens with zero attached hydrogens (tertiary/aromatic N) is 1. The number of ether oxygens (including phenoxy) is 4. The topological polar surface area (TPSA) is 69.3 Å². The molecule has 0 bridgehead atoms. The summed E-state index contributed by atoms with van der Waals surface area (Å²) in [5.41, 5.74) is 1.66. The number of rotatable bonds is 8. The van der Waals surface area contributed by atoms with Gasteiger partial charge in [0.15, 0.2) is 0 Å². The second-order valence-electron chi connectivity index (χ2n) is 6.85. The number of hydrogen-bond donors (Lipinski definition) is 1. The Bertz CT molecular complexity index is 855. The van der Waals surface area contributed by atoms with Gasteiger partial charge in [0, 0.05) is 23.7 Å². The van der Waals surface area contributed by atoms with Crippen LogP contribution in [-0.2, 0) is 4.79 Å². The van der Waals surface area contributed by atoms with Crippen LogP contribution in [0.25, 0.3) is 0 Å². The number of hydrogen-bond acceptors (Lipinski definition) is 6. The van der Waals surface area contributed by atoms with Gasteiger partial charge in [-0.1, -0.05) is 6.07 Å². The molecule has 0 aromatic heterocycles. The normalized spacial score (nSPS) is 16.3. The van der Waals surface area contributed by atoms with Crippen LogP contribution < -0.4 is 24.3 Å². The first-order chi connectivity index (χ1) is 14.1. The van der Waals surface area contributed by atoms with E-state index in [0.717, 1.165) is 36.4 Å². The molecule has 1 fully saturated rings. The molecule has 2 aromatic carbocycles. The minimum absolute atomic E-state index is 0.101. The molecule has 7 heteroatoms. The van der Waals surface area contributed by atoms with Crippen molar-refractivity contribution in [3.05, 3.63) is 42.0 Å². The van der Waals surface area contributed by atoms with Gasteiger partial charge in [-0.3, -0.25) is 9.69 Å². The lowest BCUT2D eigenvalue weighted by molar-refractivity contribution is -0.117. The third-order valence-corrected chi connectivity index (χ3v) is 5.19. The SMILES string of the molecule is COc1ccc(OC)c(NC(=O)CN2CCC[C@H]2c2ccc(OC)cc2OC)c1. The lowest BCUT2D eigenvalue weighted by atomic mass is 10.0. The quantitative estimate of drug-likeness (QED) is 0.732. The summed E-state index contributed by atoms with van der Waals surface area (Å²) in [5, 5.41) is 2.95. The zero-order valence-electron chi connectivity index (χ0n) is 17.4. The minimum Gasteiger partial charge on any atom is -0.497 e. The van der Waals surface area contributed by atoms with E-state index in [1.165, 1.54) is 0 Å². The van der Waals surface area contributed by atoms with Crippen molar-refractivity contribution in [2.75, 3.05) is 46.8 Å². The van der Waals surface area contributed by atoms with Crippen LogP contribution in [0.4, 0.5) is 5.69 Å². The minimum atomic E-state index is -0.101. The number of likely N-dealkylation sites (tertiary alicyclic amines) is 1. The Morgan fingerprint density at radius 3 is 2.34 bits per heavy atom. The molecule has 1 aliphatic rings. The molecule has 1 heterocycles. The number of carbonyl (C=O) groups excluding carboxylic acids is 1. The first kappa shape index (κ1) is 20.8. The van der Waals surface area contributed by atoms with Crippen LogP contribution in [0.15, 0.2) is 36.4 Å². The molecule has 7 nitrogen and oxygen atoms in total. The number of nitrogens with one attached hydrogen (secondary N) is 1. The fraction of sp³-hybridized carbons (Fsp3) is 0.409. The number of carbonyl (C=O) groups is 1. The van der Waals surface area contributed by atoms with Crippen LogP contribution in [0.2, 0.25) is 0 Å². The summed E-state index contributed by atoms with van der Waals surface area (Å²) in [6.45, 7) is 1.13. The first-order valence-corrected chi connectivity index (χ1v) is 9.57. The van der Waals surface area contributed by atoms with Gasteiger partial charge in [0.1, 0.15) is 23.0 Å². The van der Waals surface area contributed by atoms with Crippen molar-refractivity contribution in [1.29, 1.82) is 0 Å². The largest absolute Gasteiger partial charge is 0.497 e. The fourth-order valence-electron chi connectivity index (χ4n) is 3.75. The van der Waals surface area contributed by atoms with Gasteiger partial charge in [-0.15, -0.1) is 0 Å². The zero-order valence-corrected chi connectivity index (χ0v) is 17.4. The monoisotopic (exact) mass is 400 g/mol. The van der Waals surface area contributed by atoms with E-state index < -0.39 is 0 Å². The maximum atomic E-state index is 12.8. The molecule has 1 atom stereocenters. The van der Waals surface area contributed by atoms with Gasteiger partial charge in [-0.25, -0.2) is 0 Å². The second kappa shape index (κ2) is 9.52. The van der Waals surface area contributed by atoms with E-state index in [-0.39, 0.29) is 18.5 Å². The molecule has 0 radical (unpaired) electrons. The number of benzene rings is 2. The zero-order chi connectivity index (χ0) is 20.8. The van der Waals surface area contributed by atoms with Gasteiger partial charge < -0.3 is 24.3 Å². The highest BCUT2D eigenvalue weighted by molar-refractivity contribution is 5.94. The van der Waals surface area contributed by atoms with Gasteiger partial charge in [0.05, 0.1) is 40.7 Å². The molecule has 1 amide bonds. The molecular formula is C22H28N2O5. The van der Waals surface area contributed by atoms with Crippen molar-refractivity contribution in [3.8, 4) is 23.0 Å². The highest BCUT2D eigenvalue weighted by Gasteiger charge is 2.30. The van der Waals surface area contributed by atoms with Crippen molar-refractivity contribution in [1.82, 2.24) is 4.90 Å². The van der Waals surface area contributed by atoms with E-state index in [9.17, 15) is 4.79 Å². The Balaban J connectivity index is 1.74. The van der Waals surface area contributed by atoms with E-state index >= 15 is 0 Å². The number of amides is 1. The molecule has 0 unspecified atom stereocenters. The van der Waals surface area contributed by atoms with Crippen molar-refractivity contribution in [2.45, 2.75) is 18.9 Å². The molecule has 29 heavy (non-hydrogen) atoms. The number of methoxy groups -OCH3 is 4. The molecule has 0 aliphatic carbocycles. The summed E-state index contributed by atoms with van der Waals surface area (Å²) in [5.74, 6) is 2.67. The van der Waals surface area contributed by atoms with Gasteiger partial charge in [-0.2, -0.15) is 0 Å². The first-order valence-electron chi connectivity index (χ1n) is 9.57. The Kier molecular flexibility index (Phi) is 6.82. The lowest BCUT2D eigenvalue weighted by Crippen LogP contribution is -2.33. The van der Waals surface area contributed by atoms with Gasteiger partial charge >= 0.3 is 0 Å². The average molecular weight is 400 g/mol. The predicted octanol–water partition coefficient (Wildman–Crippen LogP) is 3.50. The average Bonchev–Trinajstić information content (AvgIpc) is 3.20. The van der Waals surface area contributed by atoms with Crippen LogP contribution in [0.1, 0.15) is 24.4 Å². The van der Waals surface area contributed by atoms with E-state index in [1.54, 1.807) is 46.6 Å². The van der Waals surface area contributed by atoms with Crippen molar-refractivity contribution in [3.63, 3.8) is 0 Å². The lowest BCUT2D eigenvalue weighted by Gasteiger charge is -2.26. The van der Waals surface area contributed by atoms with Crippen molar-refractivity contribution < 1.29 is 23.7 Å². The molecule has 2 aromatic rings. The third-order valence-electron chi connectivity index (χ3n) is 5.19. The summed E-state index contributed by atoms with van der Waals surface area (Å²) < 4.78 is 21.5. The highest BCUT2D eigenvalue weighted by atomic mass is 16.5. The molecule has 3 rings (SSSR count). The van der Waals surface area contributed by atoms with Crippen LogP contribution >= 0.6 is 0 Å². The van der Waals surface area contributed by atoms with Crippen molar-refractivity contribution in [2.24, 2.45) is 0 Å². The summed E-state index contributed by atoms with van der Waals surface area (Å²) >= 11 is 0. The van der Waals surface area contributed by atoms with Crippen LogP contribution in [0, 0.1) is 0 Å². The van der Waals surface area contributed by atoms with Gasteiger partial charge in [0.2, 0.25) is 5.91 Å². The molecule has 156 valence electrons. The molecule has 1 aliphatic heterocycles. The third kappa shape index (κ3) is 4.74. The van der Waals surface area contributed by atoms with Crippen LogP contribution in [0.5, 0.6) is 23.0 Å². The summed E-state index contributed by atoms with van der Waals surface area (Å²) in [6.07, 6.45) is 1.99. The molecule has 1 N–H and O–H groups in total. The van der Waals surface area contributed by atoms with E-state index in [4.69, 9.17) is 18.9 Å². The maximum absolute atomic E-state index is 12.8. The van der Waals surface area contributed by atoms with Crippen LogP contribution in [-0.4, -0.2) is 52.3 Å². The number of anilines is 1. The molecular weight excluding hydrogens is 372 g/mol. The highest BCUT2D eigenvalue weighted by Crippen LogP contribution is 2.38. The molecule has 0 spiro atoms. The summed E-state index contributed by atoms with van der Waals surface area (Å²) in [6, 6.07) is 11.3. The Hall–Kier alpha value is -2.93. The predicted molar refractivity (Wildman–Crippen MR) is 111 cm³/mol. The van der Waals surface area contributed by atoms with E-state index in [1.807, 2.05) is 18.2 Å². The Labute approximate surface area is 171 Å². The van der Waals surface area contributed by atoms with Crippen molar-refractivity contribution >= 4 is 11.6 Å². The second-order valence-corrected chi connectivity index (χ2v) is 6.85. The Morgan fingerprint density at radius 1 is 0.966 bits per heavy atom. The fourth-order valence-corrected chi connectivity index (χ4v) is 3.75. The smallest absolute Gasteiger partial charge is 0.238 e. The standard InChI is InChI=1S/C22H28N2O5/c1-26-15-8-10-20(28-3)18(12-15)23-22(25)14-24-11-5-6-19(24)17-9-7-16(27-2)13-21(17)29-4/h7-10,12-13,19H,5-6,11,14H2,1-4H3,(H,23,25)/t19-/m0/s1. The molecule has 1 saturated heterocycles. The van der Waals surface area contributed by atoms with Gasteiger partial charge in [0.25, 0.3) is 0 Å².